The Kier molecular flexibility index (Phi) is 4.13. The standard InChI is InChI=1S/C15H18BN5O/c1-8-10(3)18-20(12(8)5)14(7-17)15(22-16)21-13(6)9(2)11(4)19-21/h1-6H3. The topological polar surface area (TPSA) is 68.7 Å². The van der Waals surface area contributed by atoms with Crippen LogP contribution in [0.1, 0.15) is 33.9 Å². The van der Waals surface area contributed by atoms with Crippen LogP contribution in [0.3, 0.4) is 0 Å². The van der Waals surface area contributed by atoms with Crippen LogP contribution in [0.5, 0.6) is 0 Å². The molecular weight excluding hydrogens is 277 g/mol. The molecule has 2 aromatic rings. The summed E-state index contributed by atoms with van der Waals surface area (Å²) in [5.74, 6) is 0.154. The summed E-state index contributed by atoms with van der Waals surface area (Å²) in [6, 6.07) is 2.12. The largest absolute Gasteiger partial charge is 0.553 e. The number of hydrogen-bond acceptors (Lipinski definition) is 4. The van der Waals surface area contributed by atoms with Crippen molar-refractivity contribution in [2.45, 2.75) is 41.5 Å². The molecule has 0 fully saturated rings. The van der Waals surface area contributed by atoms with Gasteiger partial charge in [-0.1, -0.05) is 0 Å². The third kappa shape index (κ3) is 2.31. The van der Waals surface area contributed by atoms with Crippen LogP contribution in [0.4, 0.5) is 0 Å². The summed E-state index contributed by atoms with van der Waals surface area (Å²) >= 11 is 0. The van der Waals surface area contributed by atoms with Crippen molar-refractivity contribution in [3.8, 4) is 6.07 Å². The maximum absolute atomic E-state index is 9.59. The van der Waals surface area contributed by atoms with E-state index in [1.165, 1.54) is 4.68 Å². The second-order valence-electron chi connectivity index (χ2n) is 5.30. The molecule has 0 aromatic carbocycles. The number of hydrogen-bond donors (Lipinski definition) is 0. The van der Waals surface area contributed by atoms with Crippen LogP contribution in [0.15, 0.2) is 0 Å². The smallest absolute Gasteiger partial charge is 0.376 e. The van der Waals surface area contributed by atoms with Crippen LogP contribution in [0, 0.1) is 52.9 Å². The summed E-state index contributed by atoms with van der Waals surface area (Å²) in [7, 11) is 5.43. The molecule has 0 amide bonds. The Labute approximate surface area is 131 Å². The number of rotatable bonds is 3. The summed E-state index contributed by atoms with van der Waals surface area (Å²) in [5.41, 5.74) is 5.68. The van der Waals surface area contributed by atoms with Gasteiger partial charge in [0.25, 0.3) is 0 Å². The summed E-state index contributed by atoms with van der Waals surface area (Å²) in [4.78, 5) is 0. The van der Waals surface area contributed by atoms with E-state index in [4.69, 9.17) is 12.7 Å². The van der Waals surface area contributed by atoms with Gasteiger partial charge in [-0.05, 0) is 52.7 Å². The number of aromatic nitrogens is 4. The van der Waals surface area contributed by atoms with E-state index in [1.807, 2.05) is 41.5 Å². The van der Waals surface area contributed by atoms with E-state index >= 15 is 0 Å². The summed E-state index contributed by atoms with van der Waals surface area (Å²) in [5, 5.41) is 18.4. The molecule has 2 heterocycles. The second-order valence-corrected chi connectivity index (χ2v) is 5.30. The monoisotopic (exact) mass is 295 g/mol. The molecule has 2 radical (unpaired) electrons. The third-order valence-corrected chi connectivity index (χ3v) is 4.13. The first-order valence-electron chi connectivity index (χ1n) is 6.91. The predicted molar refractivity (Wildman–Crippen MR) is 84.7 cm³/mol. The number of aryl methyl sites for hydroxylation is 2. The minimum absolute atomic E-state index is 0.154. The van der Waals surface area contributed by atoms with Gasteiger partial charge in [-0.15, -0.1) is 0 Å². The van der Waals surface area contributed by atoms with Crippen LogP contribution in [-0.4, -0.2) is 27.6 Å². The van der Waals surface area contributed by atoms with Crippen LogP contribution >= 0.6 is 0 Å². The molecule has 112 valence electrons. The Morgan fingerprint density at radius 2 is 1.41 bits per heavy atom. The van der Waals surface area contributed by atoms with E-state index in [0.717, 1.165) is 33.9 Å². The zero-order valence-electron chi connectivity index (χ0n) is 13.7. The van der Waals surface area contributed by atoms with Gasteiger partial charge in [0.2, 0.25) is 11.6 Å². The molecule has 0 bridgehead atoms. The molecule has 0 atom stereocenters. The van der Waals surface area contributed by atoms with Gasteiger partial charge in [0.15, 0.2) is 0 Å². The van der Waals surface area contributed by atoms with E-state index in [9.17, 15) is 5.26 Å². The van der Waals surface area contributed by atoms with Crippen LogP contribution in [-0.2, 0) is 4.65 Å². The Morgan fingerprint density at radius 3 is 1.73 bits per heavy atom. The van der Waals surface area contributed by atoms with Gasteiger partial charge in [-0.3, -0.25) is 0 Å². The highest BCUT2D eigenvalue weighted by Crippen LogP contribution is 2.23. The summed E-state index contributed by atoms with van der Waals surface area (Å²) in [6.07, 6.45) is 0. The van der Waals surface area contributed by atoms with Crippen LogP contribution < -0.4 is 0 Å². The van der Waals surface area contributed by atoms with Gasteiger partial charge in [0, 0.05) is 11.4 Å². The lowest BCUT2D eigenvalue weighted by atomic mass is 10.2. The van der Waals surface area contributed by atoms with Crippen molar-refractivity contribution < 1.29 is 4.65 Å². The fourth-order valence-corrected chi connectivity index (χ4v) is 2.25. The third-order valence-electron chi connectivity index (χ3n) is 4.13. The second kappa shape index (κ2) is 5.72. The number of nitriles is 1. The van der Waals surface area contributed by atoms with Crippen molar-refractivity contribution in [3.05, 3.63) is 33.9 Å². The van der Waals surface area contributed by atoms with Gasteiger partial charge < -0.3 is 4.65 Å². The lowest BCUT2D eigenvalue weighted by Gasteiger charge is -2.13. The highest BCUT2D eigenvalue weighted by molar-refractivity contribution is 6.02. The molecule has 2 rings (SSSR count). The zero-order chi connectivity index (χ0) is 16.6. The molecule has 0 aliphatic carbocycles. The van der Waals surface area contributed by atoms with Crippen molar-refractivity contribution in [1.29, 1.82) is 5.26 Å². The molecule has 0 saturated heterocycles. The normalized spacial score (nSPS) is 12.0. The first-order chi connectivity index (χ1) is 10.3. The highest BCUT2D eigenvalue weighted by Gasteiger charge is 2.20. The van der Waals surface area contributed by atoms with E-state index < -0.39 is 0 Å². The molecule has 0 aliphatic heterocycles. The SMILES string of the molecule is [B]OC(=C(C#N)n1nc(C)c(C)c1C)n1nc(C)c(C)c1C. The molecule has 0 N–H and O–H groups in total. The minimum Gasteiger partial charge on any atom is -0.553 e. The van der Waals surface area contributed by atoms with Gasteiger partial charge in [-0.25, -0.2) is 9.36 Å². The molecule has 2 aromatic heterocycles. The lowest BCUT2D eigenvalue weighted by Crippen LogP contribution is -2.12. The van der Waals surface area contributed by atoms with Crippen LogP contribution in [0.25, 0.3) is 11.6 Å². The Balaban J connectivity index is 2.77. The fraction of sp³-hybridized carbons (Fsp3) is 0.400. The minimum atomic E-state index is 0.154. The van der Waals surface area contributed by atoms with Crippen molar-refractivity contribution in [2.75, 3.05) is 0 Å². The molecule has 6 nitrogen and oxygen atoms in total. The fourth-order valence-electron chi connectivity index (χ4n) is 2.25. The predicted octanol–water partition coefficient (Wildman–Crippen LogP) is 2.34. The first kappa shape index (κ1) is 15.9. The van der Waals surface area contributed by atoms with E-state index in [-0.39, 0.29) is 11.6 Å². The van der Waals surface area contributed by atoms with Gasteiger partial charge in [-0.2, -0.15) is 15.5 Å². The number of allylic oxidation sites excluding steroid dienone is 1. The zero-order valence-corrected chi connectivity index (χ0v) is 13.7. The lowest BCUT2D eigenvalue weighted by molar-refractivity contribution is 0.504. The molecule has 0 unspecified atom stereocenters. The van der Waals surface area contributed by atoms with Crippen molar-refractivity contribution in [3.63, 3.8) is 0 Å². The Morgan fingerprint density at radius 1 is 0.955 bits per heavy atom. The Bertz CT molecular complexity index is 807. The average molecular weight is 295 g/mol. The van der Waals surface area contributed by atoms with E-state index in [1.54, 1.807) is 4.68 Å². The van der Waals surface area contributed by atoms with Crippen molar-refractivity contribution in [2.24, 2.45) is 0 Å². The molecular formula is C15H18BN5O. The van der Waals surface area contributed by atoms with Crippen molar-refractivity contribution >= 4 is 19.6 Å². The van der Waals surface area contributed by atoms with Crippen molar-refractivity contribution in [1.82, 2.24) is 19.6 Å². The molecule has 7 heteroatoms. The molecule has 0 aliphatic rings. The summed E-state index contributed by atoms with van der Waals surface area (Å²) in [6.45, 7) is 11.5. The Hall–Kier alpha value is -2.49. The van der Waals surface area contributed by atoms with Gasteiger partial charge >= 0.3 is 8.05 Å². The molecule has 0 saturated carbocycles. The first-order valence-corrected chi connectivity index (χ1v) is 6.91. The van der Waals surface area contributed by atoms with Crippen LogP contribution in [0.2, 0.25) is 0 Å². The highest BCUT2D eigenvalue weighted by atomic mass is 16.4. The average Bonchev–Trinajstić information content (AvgIpc) is 2.90. The quantitative estimate of drug-likeness (QED) is 0.495. The van der Waals surface area contributed by atoms with Gasteiger partial charge in [0.05, 0.1) is 11.4 Å². The van der Waals surface area contributed by atoms with Gasteiger partial charge in [0.1, 0.15) is 6.07 Å². The maximum atomic E-state index is 9.59. The maximum Gasteiger partial charge on any atom is 0.376 e. The van der Waals surface area contributed by atoms with E-state index in [0.29, 0.717) is 0 Å². The number of nitrogens with zero attached hydrogens (tertiary/aromatic N) is 5. The summed E-state index contributed by atoms with van der Waals surface area (Å²) < 4.78 is 8.07. The molecule has 0 spiro atoms. The van der Waals surface area contributed by atoms with E-state index in [2.05, 4.69) is 16.3 Å². The molecule has 22 heavy (non-hydrogen) atoms.